The van der Waals surface area contributed by atoms with E-state index in [4.69, 9.17) is 9.26 Å². The summed E-state index contributed by atoms with van der Waals surface area (Å²) < 4.78 is 10.5. The average molecular weight is 405 g/mol. The molecule has 3 aromatic rings. The number of ether oxygens (including phenoxy) is 1. The maximum Gasteiger partial charge on any atom is 0.273 e. The highest BCUT2D eigenvalue weighted by atomic mass is 16.5. The predicted octanol–water partition coefficient (Wildman–Crippen LogP) is 4.39. The average Bonchev–Trinajstić information content (AvgIpc) is 3.32. The Morgan fingerprint density at radius 3 is 2.27 bits per heavy atom. The molecule has 1 aliphatic rings. The molecule has 154 valence electrons. The summed E-state index contributed by atoms with van der Waals surface area (Å²) in [4.78, 5) is 24.7. The molecule has 0 saturated heterocycles. The van der Waals surface area contributed by atoms with Gasteiger partial charge in [0.2, 0.25) is 5.91 Å². The van der Waals surface area contributed by atoms with Crippen LogP contribution in [-0.2, 0) is 4.79 Å². The molecule has 0 bridgehead atoms. The van der Waals surface area contributed by atoms with Crippen LogP contribution in [0.2, 0.25) is 0 Å². The van der Waals surface area contributed by atoms with E-state index in [1.807, 2.05) is 54.6 Å². The van der Waals surface area contributed by atoms with Crippen LogP contribution in [0.3, 0.4) is 0 Å². The highest BCUT2D eigenvalue weighted by molar-refractivity contribution is 5.93. The van der Waals surface area contributed by atoms with Gasteiger partial charge in [-0.3, -0.25) is 9.59 Å². The Balaban J connectivity index is 1.24. The van der Waals surface area contributed by atoms with Gasteiger partial charge in [0.25, 0.3) is 5.91 Å². The Bertz CT molecular complexity index is 963. The minimum atomic E-state index is -0.241. The van der Waals surface area contributed by atoms with Crippen molar-refractivity contribution < 1.29 is 18.8 Å². The summed E-state index contributed by atoms with van der Waals surface area (Å²) in [6, 6.07) is 18.5. The Morgan fingerprint density at radius 1 is 0.900 bits per heavy atom. The van der Waals surface area contributed by atoms with Gasteiger partial charge in [-0.15, -0.1) is 0 Å². The van der Waals surface area contributed by atoms with E-state index in [-0.39, 0.29) is 29.5 Å². The molecule has 0 unspecified atom stereocenters. The summed E-state index contributed by atoms with van der Waals surface area (Å²) in [7, 11) is 0. The standard InChI is InChI=1S/C23H23N3O4/c27-22(16-6-8-17(9-7-16)25-23(28)21-14-15-29-26-21)24-18-10-12-20(13-11-18)30-19-4-2-1-3-5-19/h1-5,10-17H,6-9H2,(H,24,27)(H,25,28). The fourth-order valence-electron chi connectivity index (χ4n) is 3.56. The molecular formula is C23H23N3O4. The number of benzene rings is 2. The van der Waals surface area contributed by atoms with Gasteiger partial charge in [0.05, 0.1) is 0 Å². The van der Waals surface area contributed by atoms with Crippen molar-refractivity contribution >= 4 is 17.5 Å². The molecule has 7 nitrogen and oxygen atoms in total. The molecule has 0 aliphatic heterocycles. The van der Waals surface area contributed by atoms with Crippen molar-refractivity contribution in [1.29, 1.82) is 0 Å². The molecule has 4 rings (SSSR count). The molecule has 0 spiro atoms. The molecule has 2 amide bonds. The molecule has 7 heteroatoms. The first-order valence-corrected chi connectivity index (χ1v) is 10.0. The van der Waals surface area contributed by atoms with E-state index in [1.165, 1.54) is 12.3 Å². The first-order valence-electron chi connectivity index (χ1n) is 10.0. The number of carbonyl (C=O) groups is 2. The minimum absolute atomic E-state index is 0.00741. The van der Waals surface area contributed by atoms with E-state index < -0.39 is 0 Å². The number of rotatable bonds is 6. The largest absolute Gasteiger partial charge is 0.457 e. The Kier molecular flexibility index (Phi) is 6.08. The van der Waals surface area contributed by atoms with E-state index in [0.717, 1.165) is 37.1 Å². The molecule has 1 heterocycles. The van der Waals surface area contributed by atoms with Gasteiger partial charge in [-0.05, 0) is 62.1 Å². The lowest BCUT2D eigenvalue weighted by molar-refractivity contribution is -0.120. The van der Waals surface area contributed by atoms with Gasteiger partial charge >= 0.3 is 0 Å². The van der Waals surface area contributed by atoms with Crippen LogP contribution in [0.1, 0.15) is 36.2 Å². The second kappa shape index (κ2) is 9.26. The first kappa shape index (κ1) is 19.7. The number of carbonyl (C=O) groups excluding carboxylic acids is 2. The third-order valence-corrected chi connectivity index (χ3v) is 5.20. The number of amides is 2. The van der Waals surface area contributed by atoms with Crippen LogP contribution in [0.5, 0.6) is 11.5 Å². The van der Waals surface area contributed by atoms with Crippen molar-refractivity contribution in [3.8, 4) is 11.5 Å². The van der Waals surface area contributed by atoms with Gasteiger partial charge in [-0.25, -0.2) is 0 Å². The number of aromatic nitrogens is 1. The molecular weight excluding hydrogens is 382 g/mol. The van der Waals surface area contributed by atoms with Gasteiger partial charge in [-0.1, -0.05) is 23.4 Å². The molecule has 0 radical (unpaired) electrons. The third kappa shape index (κ3) is 5.05. The molecule has 1 aliphatic carbocycles. The summed E-state index contributed by atoms with van der Waals surface area (Å²) in [6.07, 6.45) is 4.34. The maximum atomic E-state index is 12.6. The van der Waals surface area contributed by atoms with E-state index in [1.54, 1.807) is 0 Å². The highest BCUT2D eigenvalue weighted by Gasteiger charge is 2.27. The lowest BCUT2D eigenvalue weighted by Gasteiger charge is -2.28. The van der Waals surface area contributed by atoms with Gasteiger partial charge < -0.3 is 19.9 Å². The van der Waals surface area contributed by atoms with Crippen LogP contribution in [-0.4, -0.2) is 23.0 Å². The molecule has 1 aromatic heterocycles. The van der Waals surface area contributed by atoms with Crippen molar-refractivity contribution in [2.24, 2.45) is 5.92 Å². The minimum Gasteiger partial charge on any atom is -0.457 e. The monoisotopic (exact) mass is 405 g/mol. The smallest absolute Gasteiger partial charge is 0.273 e. The summed E-state index contributed by atoms with van der Waals surface area (Å²) in [5.41, 5.74) is 1.01. The van der Waals surface area contributed by atoms with Crippen LogP contribution >= 0.6 is 0 Å². The number of para-hydroxylation sites is 1. The van der Waals surface area contributed by atoms with Crippen LogP contribution in [0, 0.1) is 5.92 Å². The number of nitrogens with zero attached hydrogens (tertiary/aromatic N) is 1. The molecule has 30 heavy (non-hydrogen) atoms. The van der Waals surface area contributed by atoms with E-state index in [2.05, 4.69) is 15.8 Å². The summed E-state index contributed by atoms with van der Waals surface area (Å²) >= 11 is 0. The molecule has 2 aromatic carbocycles. The summed E-state index contributed by atoms with van der Waals surface area (Å²) in [6.45, 7) is 0. The zero-order valence-electron chi connectivity index (χ0n) is 16.4. The number of hydrogen-bond donors (Lipinski definition) is 2. The van der Waals surface area contributed by atoms with Crippen molar-refractivity contribution in [3.63, 3.8) is 0 Å². The van der Waals surface area contributed by atoms with Crippen molar-refractivity contribution in [3.05, 3.63) is 72.6 Å². The predicted molar refractivity (Wildman–Crippen MR) is 111 cm³/mol. The second-order valence-corrected chi connectivity index (χ2v) is 7.34. The lowest BCUT2D eigenvalue weighted by Crippen LogP contribution is -2.39. The topological polar surface area (TPSA) is 93.5 Å². The highest BCUT2D eigenvalue weighted by Crippen LogP contribution is 2.27. The van der Waals surface area contributed by atoms with Gasteiger partial charge in [0.1, 0.15) is 17.8 Å². The first-order chi connectivity index (χ1) is 14.7. The van der Waals surface area contributed by atoms with E-state index >= 15 is 0 Å². The van der Waals surface area contributed by atoms with Crippen LogP contribution in [0.25, 0.3) is 0 Å². The van der Waals surface area contributed by atoms with Crippen molar-refractivity contribution in [1.82, 2.24) is 10.5 Å². The summed E-state index contributed by atoms with van der Waals surface area (Å²) in [5.74, 6) is 1.18. The fraction of sp³-hybridized carbons (Fsp3) is 0.261. The Labute approximate surface area is 174 Å². The van der Waals surface area contributed by atoms with E-state index in [0.29, 0.717) is 5.75 Å². The quantitative estimate of drug-likeness (QED) is 0.634. The summed E-state index contributed by atoms with van der Waals surface area (Å²) in [5, 5.41) is 9.57. The van der Waals surface area contributed by atoms with Crippen molar-refractivity contribution in [2.45, 2.75) is 31.7 Å². The SMILES string of the molecule is O=C(NC1CCC(C(=O)Nc2ccc(Oc3ccccc3)cc2)CC1)c1ccon1. The van der Waals surface area contributed by atoms with Crippen molar-refractivity contribution in [2.75, 3.05) is 5.32 Å². The maximum absolute atomic E-state index is 12.6. The van der Waals surface area contributed by atoms with Gasteiger partial charge in [-0.2, -0.15) is 0 Å². The number of anilines is 1. The molecule has 2 N–H and O–H groups in total. The Hall–Kier alpha value is -3.61. The molecule has 0 atom stereocenters. The zero-order chi connectivity index (χ0) is 20.8. The van der Waals surface area contributed by atoms with Crippen LogP contribution in [0.15, 0.2) is 71.4 Å². The van der Waals surface area contributed by atoms with E-state index in [9.17, 15) is 9.59 Å². The molecule has 1 fully saturated rings. The van der Waals surface area contributed by atoms with Gasteiger partial charge in [0, 0.05) is 23.7 Å². The number of nitrogens with one attached hydrogen (secondary N) is 2. The van der Waals surface area contributed by atoms with Gasteiger partial charge in [0.15, 0.2) is 5.69 Å². The zero-order valence-corrected chi connectivity index (χ0v) is 16.4. The van der Waals surface area contributed by atoms with Crippen LogP contribution < -0.4 is 15.4 Å². The second-order valence-electron chi connectivity index (χ2n) is 7.34. The Morgan fingerprint density at radius 2 is 1.60 bits per heavy atom. The third-order valence-electron chi connectivity index (χ3n) is 5.20. The fourth-order valence-corrected chi connectivity index (χ4v) is 3.56. The molecule has 1 saturated carbocycles. The number of hydrogen-bond acceptors (Lipinski definition) is 5. The lowest BCUT2D eigenvalue weighted by atomic mass is 9.85. The normalized spacial score (nSPS) is 18.4. The van der Waals surface area contributed by atoms with Crippen LogP contribution in [0.4, 0.5) is 5.69 Å².